The van der Waals surface area contributed by atoms with Crippen molar-refractivity contribution in [1.29, 1.82) is 0 Å². The van der Waals surface area contributed by atoms with E-state index in [1.54, 1.807) is 12.3 Å². The van der Waals surface area contributed by atoms with Gasteiger partial charge in [-0.1, -0.05) is 19.1 Å². The summed E-state index contributed by atoms with van der Waals surface area (Å²) in [6, 6.07) is 9.50. The van der Waals surface area contributed by atoms with Gasteiger partial charge in [-0.2, -0.15) is 0 Å². The van der Waals surface area contributed by atoms with Crippen LogP contribution >= 0.6 is 0 Å². The number of hydrogen-bond donors (Lipinski definition) is 1. The highest BCUT2D eigenvalue weighted by atomic mass is 16.5. The summed E-state index contributed by atoms with van der Waals surface area (Å²) in [5.41, 5.74) is 1.05. The third-order valence-electron chi connectivity index (χ3n) is 3.15. The predicted molar refractivity (Wildman–Crippen MR) is 73.0 cm³/mol. The molecule has 0 spiro atoms. The summed E-state index contributed by atoms with van der Waals surface area (Å²) in [6.45, 7) is 3.10. The standard InChI is InChI=1S/C15H15NO2/c1-2-6-16-7-8-18-15-10-12-11(9-13(15)16)4-3-5-14(12)17/h3-5,7-10,17H,2,6H2,1H3. The molecule has 3 rings (SSSR count). The van der Waals surface area contributed by atoms with Gasteiger partial charge in [-0.15, -0.1) is 0 Å². The number of rotatable bonds is 2. The molecule has 3 heteroatoms. The van der Waals surface area contributed by atoms with Crippen LogP contribution in [0.15, 0.2) is 42.8 Å². The van der Waals surface area contributed by atoms with Crippen molar-refractivity contribution in [3.05, 3.63) is 42.8 Å². The Morgan fingerprint density at radius 1 is 1.28 bits per heavy atom. The van der Waals surface area contributed by atoms with E-state index in [2.05, 4.69) is 17.9 Å². The van der Waals surface area contributed by atoms with Crippen LogP contribution in [0, 0.1) is 0 Å². The van der Waals surface area contributed by atoms with Crippen LogP contribution in [0.3, 0.4) is 0 Å². The monoisotopic (exact) mass is 241 g/mol. The lowest BCUT2D eigenvalue weighted by atomic mass is 10.1. The van der Waals surface area contributed by atoms with Crippen LogP contribution in [0.25, 0.3) is 10.8 Å². The Labute approximate surface area is 106 Å². The number of phenolic OH excluding ortho intramolecular Hbond substituents is 1. The molecule has 92 valence electrons. The largest absolute Gasteiger partial charge is 0.507 e. The van der Waals surface area contributed by atoms with Gasteiger partial charge in [0.15, 0.2) is 5.75 Å². The maximum Gasteiger partial charge on any atom is 0.150 e. The second-order valence-electron chi connectivity index (χ2n) is 4.41. The van der Waals surface area contributed by atoms with Crippen LogP contribution in [0.1, 0.15) is 13.3 Å². The molecule has 0 unspecified atom stereocenters. The van der Waals surface area contributed by atoms with Gasteiger partial charge in [0, 0.05) is 18.1 Å². The quantitative estimate of drug-likeness (QED) is 0.871. The van der Waals surface area contributed by atoms with Gasteiger partial charge in [0.05, 0.1) is 5.69 Å². The predicted octanol–water partition coefficient (Wildman–Crippen LogP) is 3.63. The van der Waals surface area contributed by atoms with Crippen molar-refractivity contribution in [2.24, 2.45) is 0 Å². The number of anilines is 1. The van der Waals surface area contributed by atoms with Gasteiger partial charge >= 0.3 is 0 Å². The Morgan fingerprint density at radius 2 is 2.17 bits per heavy atom. The summed E-state index contributed by atoms with van der Waals surface area (Å²) in [5, 5.41) is 11.7. The average Bonchev–Trinajstić information content (AvgIpc) is 2.38. The highest BCUT2D eigenvalue weighted by Crippen LogP contribution is 2.38. The zero-order valence-electron chi connectivity index (χ0n) is 10.3. The molecule has 0 saturated heterocycles. The molecule has 0 fully saturated rings. The number of aromatic hydroxyl groups is 1. The molecule has 2 aromatic rings. The molecule has 0 aliphatic carbocycles. The van der Waals surface area contributed by atoms with E-state index in [0.29, 0.717) is 0 Å². The molecule has 0 saturated carbocycles. The molecule has 3 nitrogen and oxygen atoms in total. The molecule has 2 aromatic carbocycles. The van der Waals surface area contributed by atoms with Crippen LogP contribution in [-0.4, -0.2) is 11.7 Å². The minimum absolute atomic E-state index is 0.287. The van der Waals surface area contributed by atoms with E-state index in [9.17, 15) is 5.11 Å². The first kappa shape index (κ1) is 11.0. The lowest BCUT2D eigenvalue weighted by molar-refractivity contribution is 0.467. The van der Waals surface area contributed by atoms with Crippen molar-refractivity contribution in [2.75, 3.05) is 11.4 Å². The minimum atomic E-state index is 0.287. The summed E-state index contributed by atoms with van der Waals surface area (Å²) < 4.78 is 5.53. The van der Waals surface area contributed by atoms with Crippen molar-refractivity contribution in [2.45, 2.75) is 13.3 Å². The smallest absolute Gasteiger partial charge is 0.150 e. The first-order chi connectivity index (χ1) is 8.79. The number of benzene rings is 2. The molecular weight excluding hydrogens is 226 g/mol. The number of ether oxygens (including phenoxy) is 1. The maximum atomic E-state index is 9.85. The Hall–Kier alpha value is -2.16. The first-order valence-corrected chi connectivity index (χ1v) is 6.15. The SMILES string of the molecule is CCCN1C=COc2cc3c(O)cccc3cc21. The Morgan fingerprint density at radius 3 is 3.00 bits per heavy atom. The van der Waals surface area contributed by atoms with Gasteiger partial charge in [-0.3, -0.25) is 0 Å². The zero-order valence-corrected chi connectivity index (χ0v) is 10.3. The van der Waals surface area contributed by atoms with E-state index in [-0.39, 0.29) is 5.75 Å². The van der Waals surface area contributed by atoms with Crippen LogP contribution in [-0.2, 0) is 0 Å². The van der Waals surface area contributed by atoms with Crippen molar-refractivity contribution >= 4 is 16.5 Å². The summed E-state index contributed by atoms with van der Waals surface area (Å²) >= 11 is 0. The summed E-state index contributed by atoms with van der Waals surface area (Å²) in [5.74, 6) is 1.08. The summed E-state index contributed by atoms with van der Waals surface area (Å²) in [7, 11) is 0. The van der Waals surface area contributed by atoms with E-state index in [4.69, 9.17) is 4.74 Å². The summed E-state index contributed by atoms with van der Waals surface area (Å²) in [4.78, 5) is 2.17. The fourth-order valence-electron chi connectivity index (χ4n) is 2.29. The third-order valence-corrected chi connectivity index (χ3v) is 3.15. The van der Waals surface area contributed by atoms with Gasteiger partial charge in [-0.05, 0) is 30.0 Å². The lowest BCUT2D eigenvalue weighted by Crippen LogP contribution is -2.20. The van der Waals surface area contributed by atoms with E-state index in [0.717, 1.165) is 35.2 Å². The second kappa shape index (κ2) is 4.26. The molecule has 1 heterocycles. The van der Waals surface area contributed by atoms with Crippen molar-refractivity contribution in [3.63, 3.8) is 0 Å². The van der Waals surface area contributed by atoms with Crippen molar-refractivity contribution in [3.8, 4) is 11.5 Å². The van der Waals surface area contributed by atoms with Gasteiger partial charge < -0.3 is 14.7 Å². The number of fused-ring (bicyclic) bond motifs is 2. The second-order valence-corrected chi connectivity index (χ2v) is 4.41. The van der Waals surface area contributed by atoms with Crippen molar-refractivity contribution < 1.29 is 9.84 Å². The molecule has 0 atom stereocenters. The molecule has 18 heavy (non-hydrogen) atoms. The Bertz CT molecular complexity index is 619. The highest BCUT2D eigenvalue weighted by Gasteiger charge is 2.15. The minimum Gasteiger partial charge on any atom is -0.507 e. The fourth-order valence-corrected chi connectivity index (χ4v) is 2.29. The van der Waals surface area contributed by atoms with Crippen LogP contribution in [0.4, 0.5) is 5.69 Å². The van der Waals surface area contributed by atoms with E-state index in [1.165, 1.54) is 0 Å². The van der Waals surface area contributed by atoms with Crippen molar-refractivity contribution in [1.82, 2.24) is 0 Å². The van der Waals surface area contributed by atoms with Gasteiger partial charge in [-0.25, -0.2) is 0 Å². The topological polar surface area (TPSA) is 32.7 Å². The van der Waals surface area contributed by atoms with E-state index < -0.39 is 0 Å². The molecule has 0 bridgehead atoms. The van der Waals surface area contributed by atoms with Gasteiger partial charge in [0.1, 0.15) is 12.0 Å². The number of hydrogen-bond acceptors (Lipinski definition) is 3. The number of nitrogens with zero attached hydrogens (tertiary/aromatic N) is 1. The Balaban J connectivity index is 2.18. The molecule has 0 amide bonds. The first-order valence-electron chi connectivity index (χ1n) is 6.15. The molecule has 0 radical (unpaired) electrons. The van der Waals surface area contributed by atoms with E-state index >= 15 is 0 Å². The summed E-state index contributed by atoms with van der Waals surface area (Å²) in [6.07, 6.45) is 4.70. The van der Waals surface area contributed by atoms with Gasteiger partial charge in [0.25, 0.3) is 0 Å². The number of phenols is 1. The van der Waals surface area contributed by atoms with E-state index in [1.807, 2.05) is 24.4 Å². The van der Waals surface area contributed by atoms with Crippen LogP contribution in [0.2, 0.25) is 0 Å². The maximum absolute atomic E-state index is 9.85. The average molecular weight is 241 g/mol. The molecule has 1 aliphatic rings. The normalized spacial score (nSPS) is 13.5. The van der Waals surface area contributed by atoms with Crippen LogP contribution in [0.5, 0.6) is 11.5 Å². The highest BCUT2D eigenvalue weighted by molar-refractivity contribution is 5.93. The lowest BCUT2D eigenvalue weighted by Gasteiger charge is -2.26. The molecule has 0 aromatic heterocycles. The Kier molecular flexibility index (Phi) is 2.59. The molecule has 1 N–H and O–H groups in total. The zero-order chi connectivity index (χ0) is 12.5. The third kappa shape index (κ3) is 1.68. The van der Waals surface area contributed by atoms with Gasteiger partial charge in [0.2, 0.25) is 0 Å². The van der Waals surface area contributed by atoms with Crippen LogP contribution < -0.4 is 9.64 Å². The molecular formula is C15H15NO2. The fraction of sp³-hybridized carbons (Fsp3) is 0.200. The molecule has 1 aliphatic heterocycles.